The van der Waals surface area contributed by atoms with Crippen LogP contribution in [-0.4, -0.2) is 76.6 Å². The molecule has 0 aliphatic carbocycles. The van der Waals surface area contributed by atoms with Gasteiger partial charge >= 0.3 is 6.09 Å². The van der Waals surface area contributed by atoms with Gasteiger partial charge in [-0.25, -0.2) is 14.8 Å². The van der Waals surface area contributed by atoms with Gasteiger partial charge in [0.15, 0.2) is 0 Å². The molecule has 0 unspecified atom stereocenters. The quantitative estimate of drug-likeness (QED) is 0.497. The molecular formula is C29H40N8O4. The van der Waals surface area contributed by atoms with Gasteiger partial charge in [0.25, 0.3) is 0 Å². The molecule has 2 atom stereocenters. The minimum absolute atomic E-state index is 0.0146. The summed E-state index contributed by atoms with van der Waals surface area (Å²) in [5, 5.41) is 3.34. The summed E-state index contributed by atoms with van der Waals surface area (Å²) in [4.78, 5) is 50.4. The van der Waals surface area contributed by atoms with E-state index in [0.29, 0.717) is 31.1 Å². The largest absolute Gasteiger partial charge is 0.444 e. The van der Waals surface area contributed by atoms with Crippen LogP contribution in [0.5, 0.6) is 0 Å². The molecule has 0 aromatic carbocycles. The molecule has 0 bridgehead atoms. The van der Waals surface area contributed by atoms with E-state index in [0.717, 1.165) is 61.3 Å². The number of carbonyl (C=O) groups excluding carboxylic acids is 3. The lowest BCUT2D eigenvalue weighted by Gasteiger charge is -2.38. The Balaban J connectivity index is 0.000000174. The maximum Gasteiger partial charge on any atom is 0.410 e. The fourth-order valence-electron chi connectivity index (χ4n) is 6.06. The number of likely N-dealkylation sites (tertiary alicyclic amines) is 1. The smallest absolute Gasteiger partial charge is 0.410 e. The molecule has 2 aromatic rings. The minimum atomic E-state index is -0.528. The number of fused-ring (bicyclic) bond motifs is 2. The summed E-state index contributed by atoms with van der Waals surface area (Å²) in [6, 6.07) is 3.93. The van der Waals surface area contributed by atoms with Crippen molar-refractivity contribution < 1.29 is 19.1 Å². The average Bonchev–Trinajstić information content (AvgIpc) is 3.46. The molecule has 5 N–H and O–H groups in total. The lowest BCUT2D eigenvalue weighted by molar-refractivity contribution is -0.118. The van der Waals surface area contributed by atoms with E-state index in [9.17, 15) is 14.4 Å². The van der Waals surface area contributed by atoms with Crippen LogP contribution in [0.4, 0.5) is 27.8 Å². The number of nitrogens with zero attached hydrogens (tertiary/aromatic N) is 5. The van der Waals surface area contributed by atoms with E-state index in [-0.39, 0.29) is 36.4 Å². The van der Waals surface area contributed by atoms with Crippen molar-refractivity contribution in [2.75, 3.05) is 47.4 Å². The Morgan fingerprint density at radius 1 is 0.927 bits per heavy atom. The number of anilines is 4. The summed E-state index contributed by atoms with van der Waals surface area (Å²) in [6.45, 7) is 8.59. The maximum absolute atomic E-state index is 12.5. The number of aromatic nitrogens is 2. The van der Waals surface area contributed by atoms with Crippen molar-refractivity contribution in [1.82, 2.24) is 20.2 Å². The Labute approximate surface area is 240 Å². The topological polar surface area (TPSA) is 160 Å². The number of nitrogens with two attached hydrogens (primary N) is 2. The fourth-order valence-corrected chi connectivity index (χ4v) is 6.06. The van der Waals surface area contributed by atoms with Crippen molar-refractivity contribution in [2.24, 2.45) is 0 Å². The highest BCUT2D eigenvalue weighted by Gasteiger charge is 2.38. The first kappa shape index (κ1) is 28.6. The molecule has 12 heteroatoms. The molecule has 41 heavy (non-hydrogen) atoms. The monoisotopic (exact) mass is 564 g/mol. The van der Waals surface area contributed by atoms with Crippen molar-refractivity contribution in [1.29, 1.82) is 0 Å². The van der Waals surface area contributed by atoms with E-state index in [1.807, 2.05) is 37.8 Å². The van der Waals surface area contributed by atoms with Gasteiger partial charge in [0.05, 0.1) is 30.3 Å². The van der Waals surface area contributed by atoms with Crippen LogP contribution in [0, 0.1) is 0 Å². The number of rotatable bonds is 2. The van der Waals surface area contributed by atoms with Gasteiger partial charge in [-0.05, 0) is 65.1 Å². The second kappa shape index (κ2) is 11.5. The maximum atomic E-state index is 12.5. The Morgan fingerprint density at radius 2 is 1.49 bits per heavy atom. The first-order valence-electron chi connectivity index (χ1n) is 14.3. The lowest BCUT2D eigenvalue weighted by atomic mass is 10.0. The van der Waals surface area contributed by atoms with Gasteiger partial charge in [0.1, 0.15) is 17.2 Å². The van der Waals surface area contributed by atoms with E-state index in [1.54, 1.807) is 22.2 Å². The fraction of sp³-hybridized carbons (Fsp3) is 0.552. The SMILES string of the molecule is CC(C)(C)OC(=O)N1CCC[C@@H](N2C(=O)Cc3c2ccnc3N)C1.Nc1nccc2c1CC(=O)N2[C@@H]1CCCNC1. The van der Waals surface area contributed by atoms with Crippen LogP contribution in [0.15, 0.2) is 24.5 Å². The molecule has 2 aromatic heterocycles. The van der Waals surface area contributed by atoms with Crippen LogP contribution in [0.3, 0.4) is 0 Å². The minimum Gasteiger partial charge on any atom is -0.444 e. The van der Waals surface area contributed by atoms with Crippen LogP contribution in [0.1, 0.15) is 57.6 Å². The number of carbonyl (C=O) groups is 3. The van der Waals surface area contributed by atoms with Crippen LogP contribution < -0.4 is 26.6 Å². The molecule has 2 fully saturated rings. The number of pyridine rings is 2. The Morgan fingerprint density at radius 3 is 2.02 bits per heavy atom. The van der Waals surface area contributed by atoms with E-state index in [1.165, 1.54) is 0 Å². The predicted octanol–water partition coefficient (Wildman–Crippen LogP) is 2.26. The molecule has 0 saturated carbocycles. The van der Waals surface area contributed by atoms with Crippen LogP contribution >= 0.6 is 0 Å². The standard InChI is InChI=1S/C17H24N4O3.C12H16N4O/c1-17(2,3)24-16(23)20-8-4-5-11(10-20)21-13-6-7-19-15(18)12(13)9-14(21)22;13-12-9-6-11(17)16(10(9)3-5-15-12)8-2-1-4-14-7-8/h6-7,11H,4-5,8-10H2,1-3H3,(H2,18,19);3,5,8,14H,1-2,4,6-7H2,(H2,13,15)/t11-;8-/m11/s1. The molecule has 4 aliphatic rings. The van der Waals surface area contributed by atoms with Crippen molar-refractivity contribution in [3.8, 4) is 0 Å². The van der Waals surface area contributed by atoms with Gasteiger partial charge in [0.2, 0.25) is 11.8 Å². The predicted molar refractivity (Wildman–Crippen MR) is 156 cm³/mol. The third-order valence-electron chi connectivity index (χ3n) is 7.89. The van der Waals surface area contributed by atoms with E-state index >= 15 is 0 Å². The first-order chi connectivity index (χ1) is 19.5. The summed E-state index contributed by atoms with van der Waals surface area (Å²) in [7, 11) is 0. The summed E-state index contributed by atoms with van der Waals surface area (Å²) >= 11 is 0. The van der Waals surface area contributed by atoms with Gasteiger partial charge in [-0.15, -0.1) is 0 Å². The molecular weight excluding hydrogens is 524 g/mol. The lowest BCUT2D eigenvalue weighted by Crippen LogP contribution is -2.51. The van der Waals surface area contributed by atoms with Crippen LogP contribution in [0.25, 0.3) is 0 Å². The normalized spacial score (nSPS) is 22.2. The van der Waals surface area contributed by atoms with Gasteiger partial charge in [0, 0.05) is 49.2 Å². The molecule has 12 nitrogen and oxygen atoms in total. The summed E-state index contributed by atoms with van der Waals surface area (Å²) in [5.41, 5.74) is 14.6. The number of ether oxygens (including phenoxy) is 1. The first-order valence-corrected chi connectivity index (χ1v) is 14.3. The Bertz CT molecular complexity index is 1320. The molecule has 6 rings (SSSR count). The zero-order valence-electron chi connectivity index (χ0n) is 24.1. The number of hydrogen-bond donors (Lipinski definition) is 3. The third-order valence-corrected chi connectivity index (χ3v) is 7.89. The number of amides is 3. The van der Waals surface area contributed by atoms with Crippen molar-refractivity contribution in [2.45, 2.75) is 77.0 Å². The number of piperidine rings is 2. The van der Waals surface area contributed by atoms with Crippen LogP contribution in [-0.2, 0) is 27.2 Å². The highest BCUT2D eigenvalue weighted by Crippen LogP contribution is 2.36. The average molecular weight is 565 g/mol. The van der Waals surface area contributed by atoms with Gasteiger partial charge in [-0.3, -0.25) is 9.59 Å². The molecule has 0 spiro atoms. The highest BCUT2D eigenvalue weighted by atomic mass is 16.6. The summed E-state index contributed by atoms with van der Waals surface area (Å²) in [5.74, 6) is 1.06. The van der Waals surface area contributed by atoms with E-state index < -0.39 is 5.60 Å². The van der Waals surface area contributed by atoms with E-state index in [4.69, 9.17) is 16.2 Å². The van der Waals surface area contributed by atoms with Gasteiger partial charge in [-0.1, -0.05) is 0 Å². The summed E-state index contributed by atoms with van der Waals surface area (Å²) < 4.78 is 5.46. The van der Waals surface area contributed by atoms with Crippen molar-refractivity contribution >= 4 is 40.9 Å². The Hall–Kier alpha value is -3.93. The zero-order valence-corrected chi connectivity index (χ0v) is 24.1. The summed E-state index contributed by atoms with van der Waals surface area (Å²) in [6.07, 6.45) is 7.50. The zero-order chi connectivity index (χ0) is 29.3. The van der Waals surface area contributed by atoms with Gasteiger partial charge < -0.3 is 36.2 Å². The molecule has 2 saturated heterocycles. The number of nitrogens with one attached hydrogen (secondary N) is 1. The number of nitrogen functional groups attached to an aromatic ring is 2. The molecule has 3 amide bonds. The molecule has 6 heterocycles. The Kier molecular flexibility index (Phi) is 8.03. The second-order valence-electron chi connectivity index (χ2n) is 12.0. The van der Waals surface area contributed by atoms with Gasteiger partial charge in [-0.2, -0.15) is 0 Å². The van der Waals surface area contributed by atoms with Crippen LogP contribution in [0.2, 0.25) is 0 Å². The third kappa shape index (κ3) is 6.07. The van der Waals surface area contributed by atoms with Crippen molar-refractivity contribution in [3.05, 3.63) is 35.7 Å². The molecule has 0 radical (unpaired) electrons. The molecule has 4 aliphatic heterocycles. The number of hydrogen-bond acceptors (Lipinski definition) is 9. The van der Waals surface area contributed by atoms with E-state index in [2.05, 4.69) is 15.3 Å². The highest BCUT2D eigenvalue weighted by molar-refractivity contribution is 6.04. The van der Waals surface area contributed by atoms with Crippen molar-refractivity contribution in [3.63, 3.8) is 0 Å². The second-order valence-corrected chi connectivity index (χ2v) is 12.0. The molecule has 220 valence electrons.